The summed E-state index contributed by atoms with van der Waals surface area (Å²) in [6, 6.07) is 10.8. The van der Waals surface area contributed by atoms with Crippen molar-refractivity contribution in [2.75, 3.05) is 27.3 Å². The van der Waals surface area contributed by atoms with Gasteiger partial charge in [-0.15, -0.1) is 0 Å². The second kappa shape index (κ2) is 10.3. The predicted molar refractivity (Wildman–Crippen MR) is 119 cm³/mol. The Morgan fingerprint density at radius 1 is 0.938 bits per heavy atom. The van der Waals surface area contributed by atoms with E-state index >= 15 is 0 Å². The van der Waals surface area contributed by atoms with E-state index in [0.717, 1.165) is 12.8 Å². The lowest BCUT2D eigenvalue weighted by Gasteiger charge is -2.15. The smallest absolute Gasteiger partial charge is 0.269 e. The van der Waals surface area contributed by atoms with Gasteiger partial charge in [-0.25, -0.2) is 8.42 Å². The van der Waals surface area contributed by atoms with Gasteiger partial charge in [0.05, 0.1) is 19.1 Å². The number of carbonyl (C=O) groups is 2. The molecule has 1 aliphatic rings. The Kier molecular flexibility index (Phi) is 7.49. The number of hydrazine groups is 1. The summed E-state index contributed by atoms with van der Waals surface area (Å²) in [5.41, 5.74) is 5.50. The second-order valence-corrected chi connectivity index (χ2v) is 8.96. The van der Waals surface area contributed by atoms with Gasteiger partial charge in [-0.2, -0.15) is 4.31 Å². The Morgan fingerprint density at radius 3 is 2.22 bits per heavy atom. The molecule has 0 radical (unpaired) electrons. The first-order valence-electron chi connectivity index (χ1n) is 9.96. The number of methoxy groups -OCH3 is 2. The number of nitrogens with one attached hydrogen (secondary N) is 2. The second-order valence-electron chi connectivity index (χ2n) is 7.03. The first-order chi connectivity index (χ1) is 15.3. The fourth-order valence-electron chi connectivity index (χ4n) is 3.22. The van der Waals surface area contributed by atoms with Crippen LogP contribution in [-0.2, 0) is 14.8 Å². The first kappa shape index (κ1) is 23.3. The van der Waals surface area contributed by atoms with E-state index in [2.05, 4.69) is 10.9 Å². The molecule has 9 nitrogen and oxygen atoms in total. The van der Waals surface area contributed by atoms with E-state index < -0.39 is 21.8 Å². The molecule has 1 saturated heterocycles. The first-order valence-corrected chi connectivity index (χ1v) is 11.4. The number of benzene rings is 2. The summed E-state index contributed by atoms with van der Waals surface area (Å²) in [5.74, 6) is -0.0106. The molecule has 0 bridgehead atoms. The number of rotatable bonds is 7. The number of hydrogen-bond acceptors (Lipinski definition) is 6. The lowest BCUT2D eigenvalue weighted by Crippen LogP contribution is -2.40. The van der Waals surface area contributed by atoms with Crippen molar-refractivity contribution in [3.05, 3.63) is 59.7 Å². The molecule has 0 aliphatic carbocycles. The van der Waals surface area contributed by atoms with Crippen LogP contribution in [0.4, 0.5) is 0 Å². The maximum atomic E-state index is 12.5. The summed E-state index contributed by atoms with van der Waals surface area (Å²) in [6.45, 7) is 1.01. The van der Waals surface area contributed by atoms with Crippen LogP contribution in [0.1, 0.15) is 28.8 Å². The SMILES string of the molecule is COc1ccc(/C=C/C(=O)NNC(=O)c2ccc(S(=O)(=O)N3CCCC3)cc2)cc1OC. The minimum atomic E-state index is -3.54. The van der Waals surface area contributed by atoms with Crippen molar-refractivity contribution in [3.8, 4) is 11.5 Å². The maximum Gasteiger partial charge on any atom is 0.269 e. The average molecular weight is 460 g/mol. The highest BCUT2D eigenvalue weighted by Gasteiger charge is 2.27. The van der Waals surface area contributed by atoms with Crippen LogP contribution in [0.25, 0.3) is 6.08 Å². The quantitative estimate of drug-likeness (QED) is 0.483. The van der Waals surface area contributed by atoms with Gasteiger partial charge in [0.25, 0.3) is 11.8 Å². The van der Waals surface area contributed by atoms with E-state index in [0.29, 0.717) is 30.2 Å². The van der Waals surface area contributed by atoms with Gasteiger partial charge in [-0.1, -0.05) is 6.07 Å². The molecule has 3 rings (SSSR count). The molecule has 1 heterocycles. The highest BCUT2D eigenvalue weighted by atomic mass is 32.2. The summed E-state index contributed by atoms with van der Waals surface area (Å²) in [6.07, 6.45) is 4.51. The van der Waals surface area contributed by atoms with Gasteiger partial charge in [0, 0.05) is 24.7 Å². The van der Waals surface area contributed by atoms with Gasteiger partial charge in [0.2, 0.25) is 10.0 Å². The summed E-state index contributed by atoms with van der Waals surface area (Å²) >= 11 is 0. The minimum absolute atomic E-state index is 0.137. The van der Waals surface area contributed by atoms with E-state index in [4.69, 9.17) is 9.47 Å². The molecule has 0 spiro atoms. The van der Waals surface area contributed by atoms with Gasteiger partial charge in [-0.3, -0.25) is 20.4 Å². The van der Waals surface area contributed by atoms with Crippen molar-refractivity contribution in [1.29, 1.82) is 0 Å². The van der Waals surface area contributed by atoms with Crippen LogP contribution >= 0.6 is 0 Å². The zero-order valence-electron chi connectivity index (χ0n) is 17.8. The van der Waals surface area contributed by atoms with Crippen molar-refractivity contribution in [1.82, 2.24) is 15.2 Å². The van der Waals surface area contributed by atoms with Crippen molar-refractivity contribution in [2.24, 2.45) is 0 Å². The van der Waals surface area contributed by atoms with E-state index in [-0.39, 0.29) is 10.5 Å². The predicted octanol–water partition coefficient (Wildman–Crippen LogP) is 1.96. The highest BCUT2D eigenvalue weighted by molar-refractivity contribution is 7.89. The molecule has 0 unspecified atom stereocenters. The van der Waals surface area contributed by atoms with E-state index in [9.17, 15) is 18.0 Å². The Balaban J connectivity index is 1.56. The molecule has 0 saturated carbocycles. The zero-order chi connectivity index (χ0) is 23.1. The molecule has 2 aromatic carbocycles. The van der Waals surface area contributed by atoms with Crippen LogP contribution in [0.3, 0.4) is 0 Å². The minimum Gasteiger partial charge on any atom is -0.493 e. The van der Waals surface area contributed by atoms with Crippen LogP contribution in [0.15, 0.2) is 53.4 Å². The van der Waals surface area contributed by atoms with Crippen molar-refractivity contribution in [2.45, 2.75) is 17.7 Å². The van der Waals surface area contributed by atoms with Crippen LogP contribution in [-0.4, -0.2) is 51.8 Å². The lowest BCUT2D eigenvalue weighted by molar-refractivity contribution is -0.117. The van der Waals surface area contributed by atoms with Gasteiger partial charge in [0.15, 0.2) is 11.5 Å². The third kappa shape index (κ3) is 5.45. The van der Waals surface area contributed by atoms with E-state index in [1.807, 2.05) is 0 Å². The molecule has 2 amide bonds. The topological polar surface area (TPSA) is 114 Å². The fourth-order valence-corrected chi connectivity index (χ4v) is 4.73. The van der Waals surface area contributed by atoms with Crippen LogP contribution in [0.5, 0.6) is 11.5 Å². The number of nitrogens with zero attached hydrogens (tertiary/aromatic N) is 1. The Bertz CT molecular complexity index is 1110. The lowest BCUT2D eigenvalue weighted by atomic mass is 10.2. The Morgan fingerprint density at radius 2 is 1.59 bits per heavy atom. The molecular formula is C22H25N3O6S. The molecule has 0 atom stereocenters. The Labute approximate surface area is 187 Å². The summed E-state index contributed by atoms with van der Waals surface area (Å²) in [4.78, 5) is 24.4. The van der Waals surface area contributed by atoms with Crippen molar-refractivity contribution >= 4 is 27.9 Å². The molecular weight excluding hydrogens is 434 g/mol. The number of hydrogen-bond donors (Lipinski definition) is 2. The highest BCUT2D eigenvalue weighted by Crippen LogP contribution is 2.28. The van der Waals surface area contributed by atoms with E-state index in [1.54, 1.807) is 24.3 Å². The molecule has 1 aliphatic heterocycles. The van der Waals surface area contributed by atoms with Crippen molar-refractivity contribution < 1.29 is 27.5 Å². The summed E-state index contributed by atoms with van der Waals surface area (Å²) in [5, 5.41) is 0. The third-order valence-electron chi connectivity index (χ3n) is 4.95. The fraction of sp³-hybridized carbons (Fsp3) is 0.273. The summed E-state index contributed by atoms with van der Waals surface area (Å²) in [7, 11) is -0.497. The van der Waals surface area contributed by atoms with Gasteiger partial charge < -0.3 is 9.47 Å². The largest absolute Gasteiger partial charge is 0.493 e. The number of ether oxygens (including phenoxy) is 2. The number of sulfonamides is 1. The van der Waals surface area contributed by atoms with E-state index in [1.165, 1.54) is 48.9 Å². The monoisotopic (exact) mass is 459 g/mol. The maximum absolute atomic E-state index is 12.5. The molecule has 170 valence electrons. The molecule has 10 heteroatoms. The summed E-state index contributed by atoms with van der Waals surface area (Å²) < 4.78 is 36.9. The van der Waals surface area contributed by atoms with Crippen LogP contribution < -0.4 is 20.3 Å². The van der Waals surface area contributed by atoms with Gasteiger partial charge in [-0.05, 0) is 60.9 Å². The Hall–Kier alpha value is -3.37. The van der Waals surface area contributed by atoms with Crippen LogP contribution in [0, 0.1) is 0 Å². The number of carbonyl (C=O) groups excluding carboxylic acids is 2. The van der Waals surface area contributed by atoms with Crippen molar-refractivity contribution in [3.63, 3.8) is 0 Å². The molecule has 0 aromatic heterocycles. The van der Waals surface area contributed by atoms with Crippen LogP contribution in [0.2, 0.25) is 0 Å². The standard InChI is InChI=1S/C22H25N3O6S/c1-30-19-11-5-16(15-20(19)31-2)6-12-21(26)23-24-22(27)17-7-9-18(10-8-17)32(28,29)25-13-3-4-14-25/h5-12,15H,3-4,13-14H2,1-2H3,(H,23,26)(H,24,27)/b12-6+. The third-order valence-corrected chi connectivity index (χ3v) is 6.87. The normalized spacial score (nSPS) is 14.3. The molecule has 1 fully saturated rings. The molecule has 32 heavy (non-hydrogen) atoms. The number of amides is 2. The zero-order valence-corrected chi connectivity index (χ0v) is 18.6. The van der Waals surface area contributed by atoms with Gasteiger partial charge >= 0.3 is 0 Å². The molecule has 2 aromatic rings. The average Bonchev–Trinajstić information content (AvgIpc) is 3.37. The van der Waals surface area contributed by atoms with Gasteiger partial charge in [0.1, 0.15) is 0 Å². The molecule has 2 N–H and O–H groups in total.